The first-order valence-corrected chi connectivity index (χ1v) is 9.34. The molecule has 0 saturated heterocycles. The third-order valence-electron chi connectivity index (χ3n) is 4.07. The molecule has 0 aliphatic heterocycles. The van der Waals surface area contributed by atoms with Gasteiger partial charge in [-0.1, -0.05) is 42.8 Å². The number of halogens is 1. The largest absolute Gasteiger partial charge is 0.493 e. The van der Waals surface area contributed by atoms with Gasteiger partial charge in [0, 0.05) is 17.0 Å². The van der Waals surface area contributed by atoms with Crippen LogP contribution < -0.4 is 14.9 Å². The van der Waals surface area contributed by atoms with E-state index in [2.05, 4.69) is 15.6 Å². The molecule has 0 spiro atoms. The molecule has 0 aliphatic carbocycles. The monoisotopic (exact) mass is 404 g/mol. The van der Waals surface area contributed by atoms with E-state index in [1.807, 2.05) is 49.4 Å². The maximum absolute atomic E-state index is 6.18. The Bertz CT molecular complexity index is 970. The third-order valence-corrected chi connectivity index (χ3v) is 4.71. The molecule has 6 nitrogen and oxygen atoms in total. The van der Waals surface area contributed by atoms with Gasteiger partial charge in [0.2, 0.25) is 4.77 Å². The van der Waals surface area contributed by atoms with Crippen molar-refractivity contribution < 1.29 is 9.47 Å². The van der Waals surface area contributed by atoms with Crippen LogP contribution in [0, 0.1) is 4.77 Å². The molecule has 27 heavy (non-hydrogen) atoms. The van der Waals surface area contributed by atoms with Gasteiger partial charge in [0.15, 0.2) is 17.3 Å². The number of nitrogens with one attached hydrogen (secondary N) is 2. The van der Waals surface area contributed by atoms with Gasteiger partial charge in [-0.05, 0) is 36.0 Å². The molecule has 0 fully saturated rings. The van der Waals surface area contributed by atoms with E-state index in [9.17, 15) is 0 Å². The van der Waals surface area contributed by atoms with Crippen LogP contribution in [0.25, 0.3) is 0 Å². The third kappa shape index (κ3) is 4.61. The average Bonchev–Trinajstić information content (AvgIpc) is 3.05. The van der Waals surface area contributed by atoms with Gasteiger partial charge in [-0.2, -0.15) is 5.10 Å². The van der Waals surface area contributed by atoms with E-state index >= 15 is 0 Å². The summed E-state index contributed by atoms with van der Waals surface area (Å²) in [5.41, 5.74) is 5.22. The SMILES string of the molecule is CCc1n[nH]c(=S)n1NCc1ccc(OCc2ccccc2Cl)c(OC)c1. The quantitative estimate of drug-likeness (QED) is 0.541. The van der Waals surface area contributed by atoms with Crippen molar-refractivity contribution in [1.29, 1.82) is 0 Å². The molecule has 0 amide bonds. The van der Waals surface area contributed by atoms with Gasteiger partial charge >= 0.3 is 0 Å². The van der Waals surface area contributed by atoms with Crippen LogP contribution in [0.4, 0.5) is 0 Å². The van der Waals surface area contributed by atoms with Crippen LogP contribution in [0.5, 0.6) is 11.5 Å². The van der Waals surface area contributed by atoms with Crippen molar-refractivity contribution in [2.45, 2.75) is 26.5 Å². The van der Waals surface area contributed by atoms with E-state index in [-0.39, 0.29) is 0 Å². The molecule has 3 rings (SSSR count). The van der Waals surface area contributed by atoms with Gasteiger partial charge < -0.3 is 14.9 Å². The summed E-state index contributed by atoms with van der Waals surface area (Å²) in [7, 11) is 1.62. The molecule has 8 heteroatoms. The van der Waals surface area contributed by atoms with Crippen molar-refractivity contribution in [2.24, 2.45) is 0 Å². The molecule has 1 heterocycles. The first-order valence-electron chi connectivity index (χ1n) is 8.55. The van der Waals surface area contributed by atoms with Crippen LogP contribution in [0.15, 0.2) is 42.5 Å². The summed E-state index contributed by atoms with van der Waals surface area (Å²) in [5, 5.41) is 7.65. The minimum absolute atomic E-state index is 0.373. The maximum Gasteiger partial charge on any atom is 0.214 e. The zero-order valence-corrected chi connectivity index (χ0v) is 16.7. The molecule has 0 aliphatic rings. The van der Waals surface area contributed by atoms with Gasteiger partial charge in [-0.15, -0.1) is 0 Å². The normalized spacial score (nSPS) is 10.6. The summed E-state index contributed by atoms with van der Waals surface area (Å²) in [6, 6.07) is 13.4. The highest BCUT2D eigenvalue weighted by Crippen LogP contribution is 2.29. The van der Waals surface area contributed by atoms with E-state index in [1.54, 1.807) is 11.8 Å². The summed E-state index contributed by atoms with van der Waals surface area (Å²) in [6.45, 7) is 2.97. The molecule has 1 aromatic heterocycles. The fourth-order valence-electron chi connectivity index (χ4n) is 2.61. The van der Waals surface area contributed by atoms with Gasteiger partial charge in [-0.3, -0.25) is 5.10 Å². The van der Waals surface area contributed by atoms with E-state index in [0.29, 0.717) is 34.4 Å². The van der Waals surface area contributed by atoms with Crippen LogP contribution in [0.3, 0.4) is 0 Å². The number of ether oxygens (including phenoxy) is 2. The molecule has 2 N–H and O–H groups in total. The highest BCUT2D eigenvalue weighted by Gasteiger charge is 2.09. The lowest BCUT2D eigenvalue weighted by Crippen LogP contribution is -2.17. The number of H-pyrrole nitrogens is 1. The van der Waals surface area contributed by atoms with Crippen LogP contribution in [-0.2, 0) is 19.6 Å². The Morgan fingerprint density at radius 3 is 2.78 bits per heavy atom. The summed E-state index contributed by atoms with van der Waals surface area (Å²) in [6.07, 6.45) is 0.776. The van der Waals surface area contributed by atoms with Crippen molar-refractivity contribution in [1.82, 2.24) is 14.9 Å². The summed E-state index contributed by atoms with van der Waals surface area (Å²) < 4.78 is 13.7. The summed E-state index contributed by atoms with van der Waals surface area (Å²) >= 11 is 11.4. The van der Waals surface area contributed by atoms with Crippen molar-refractivity contribution in [2.75, 3.05) is 12.5 Å². The van der Waals surface area contributed by atoms with E-state index in [1.165, 1.54) is 0 Å². The number of aromatic nitrogens is 3. The molecule has 3 aromatic rings. The minimum Gasteiger partial charge on any atom is -0.493 e. The Morgan fingerprint density at radius 1 is 1.22 bits per heavy atom. The lowest BCUT2D eigenvalue weighted by Gasteiger charge is -2.14. The Balaban J connectivity index is 1.69. The molecule has 2 aromatic carbocycles. The van der Waals surface area contributed by atoms with Crippen LogP contribution in [0.1, 0.15) is 23.9 Å². The van der Waals surface area contributed by atoms with Gasteiger partial charge in [0.1, 0.15) is 6.61 Å². The Morgan fingerprint density at radius 2 is 2.04 bits per heavy atom. The number of hydrogen-bond acceptors (Lipinski definition) is 5. The van der Waals surface area contributed by atoms with Crippen LogP contribution in [0.2, 0.25) is 5.02 Å². The predicted molar refractivity (Wildman–Crippen MR) is 109 cm³/mol. The minimum atomic E-state index is 0.373. The van der Waals surface area contributed by atoms with Gasteiger partial charge in [0.05, 0.1) is 13.7 Å². The second kappa shape index (κ2) is 8.92. The lowest BCUT2D eigenvalue weighted by atomic mass is 10.2. The zero-order valence-electron chi connectivity index (χ0n) is 15.2. The Hall–Kier alpha value is -2.51. The number of aryl methyl sites for hydroxylation is 1. The Labute approximate surface area is 168 Å². The highest BCUT2D eigenvalue weighted by molar-refractivity contribution is 7.71. The van der Waals surface area contributed by atoms with Crippen molar-refractivity contribution in [3.05, 3.63) is 69.2 Å². The highest BCUT2D eigenvalue weighted by atomic mass is 35.5. The van der Waals surface area contributed by atoms with Crippen molar-refractivity contribution in [3.63, 3.8) is 0 Å². The molecular formula is C19H21ClN4O2S. The van der Waals surface area contributed by atoms with Crippen molar-refractivity contribution >= 4 is 23.8 Å². The Kier molecular flexibility index (Phi) is 6.36. The van der Waals surface area contributed by atoms with E-state index in [0.717, 1.165) is 23.4 Å². The first kappa shape index (κ1) is 19.3. The van der Waals surface area contributed by atoms with Crippen LogP contribution >= 0.6 is 23.8 Å². The van der Waals surface area contributed by atoms with Gasteiger partial charge in [0.25, 0.3) is 0 Å². The molecule has 0 saturated carbocycles. The number of rotatable bonds is 8. The molecule has 0 radical (unpaired) electrons. The number of benzene rings is 2. The number of aromatic amines is 1. The van der Waals surface area contributed by atoms with E-state index in [4.69, 9.17) is 33.3 Å². The fraction of sp³-hybridized carbons (Fsp3) is 0.263. The molecule has 0 unspecified atom stereocenters. The second-order valence-corrected chi connectivity index (χ2v) is 6.63. The summed E-state index contributed by atoms with van der Waals surface area (Å²) in [4.78, 5) is 0. The number of nitrogens with zero attached hydrogens (tertiary/aromatic N) is 2. The average molecular weight is 405 g/mol. The first-order chi connectivity index (χ1) is 13.1. The molecule has 142 valence electrons. The molecule has 0 atom stereocenters. The predicted octanol–water partition coefficient (Wildman–Crippen LogP) is 4.49. The van der Waals surface area contributed by atoms with Crippen molar-refractivity contribution in [3.8, 4) is 11.5 Å². The number of methoxy groups -OCH3 is 1. The number of hydrogen-bond donors (Lipinski definition) is 2. The second-order valence-electron chi connectivity index (χ2n) is 5.83. The lowest BCUT2D eigenvalue weighted by molar-refractivity contribution is 0.284. The zero-order chi connectivity index (χ0) is 19.2. The maximum atomic E-state index is 6.18. The van der Waals surface area contributed by atoms with Gasteiger partial charge in [-0.25, -0.2) is 4.68 Å². The van der Waals surface area contributed by atoms with Crippen LogP contribution in [-0.4, -0.2) is 22.0 Å². The standard InChI is InChI=1S/C19H21ClN4O2S/c1-3-18-22-23-19(27)24(18)21-11-13-8-9-16(17(10-13)25-2)26-12-14-6-4-5-7-15(14)20/h4-10,21H,3,11-12H2,1-2H3,(H,23,27). The fourth-order valence-corrected chi connectivity index (χ4v) is 3.02. The molecule has 0 bridgehead atoms. The molecular weight excluding hydrogens is 384 g/mol. The summed E-state index contributed by atoms with van der Waals surface area (Å²) in [5.74, 6) is 2.18. The smallest absolute Gasteiger partial charge is 0.214 e. The van der Waals surface area contributed by atoms with E-state index < -0.39 is 0 Å². The topological polar surface area (TPSA) is 64.1 Å².